The Morgan fingerprint density at radius 1 is 1.25 bits per heavy atom. The minimum absolute atomic E-state index is 0. The molecule has 8 heteroatoms. The number of guanidine groups is 1. The van der Waals surface area contributed by atoms with Crippen LogP contribution in [0.1, 0.15) is 17.5 Å². The lowest BCUT2D eigenvalue weighted by Crippen LogP contribution is -2.39. The van der Waals surface area contributed by atoms with Crippen molar-refractivity contribution < 1.29 is 9.53 Å². The number of pyridine rings is 1. The summed E-state index contributed by atoms with van der Waals surface area (Å²) >= 11 is 0. The molecule has 2 N–H and O–H groups in total. The number of anilines is 1. The Kier molecular flexibility index (Phi) is 10.3. The standard InChI is InChI=1S/C20H27N5O2.HI/c1-15-9-10-18(23-13-15)24-19(26)11-12-22-20(21-2)25(3)14-16-7-5-6-8-17(16)27-4;/h5-10,13H,11-12,14H2,1-4H3,(H,21,22)(H,23,24,26);1H. The number of nitrogens with zero attached hydrogens (tertiary/aromatic N) is 3. The van der Waals surface area contributed by atoms with E-state index in [1.807, 2.05) is 49.2 Å². The van der Waals surface area contributed by atoms with Crippen molar-refractivity contribution in [1.82, 2.24) is 15.2 Å². The predicted molar refractivity (Wildman–Crippen MR) is 123 cm³/mol. The fourth-order valence-corrected chi connectivity index (χ4v) is 2.58. The van der Waals surface area contributed by atoms with E-state index in [1.165, 1.54) is 0 Å². The topological polar surface area (TPSA) is 78.8 Å². The first-order valence-electron chi connectivity index (χ1n) is 8.79. The van der Waals surface area contributed by atoms with Crippen LogP contribution in [-0.4, -0.2) is 49.5 Å². The maximum atomic E-state index is 12.1. The first kappa shape index (κ1) is 23.7. The highest BCUT2D eigenvalue weighted by atomic mass is 127. The molecule has 0 bridgehead atoms. The van der Waals surface area contributed by atoms with Crippen LogP contribution >= 0.6 is 24.0 Å². The van der Waals surface area contributed by atoms with Crippen LogP contribution in [-0.2, 0) is 11.3 Å². The Balaban J connectivity index is 0.00000392. The molecule has 0 fully saturated rings. The number of amides is 1. The Morgan fingerprint density at radius 2 is 2.00 bits per heavy atom. The maximum absolute atomic E-state index is 12.1. The molecule has 0 unspecified atom stereocenters. The highest BCUT2D eigenvalue weighted by Gasteiger charge is 2.10. The molecule has 0 aliphatic heterocycles. The van der Waals surface area contributed by atoms with Crippen molar-refractivity contribution in [3.8, 4) is 5.75 Å². The van der Waals surface area contributed by atoms with E-state index in [2.05, 4.69) is 20.6 Å². The van der Waals surface area contributed by atoms with E-state index in [9.17, 15) is 4.79 Å². The van der Waals surface area contributed by atoms with Gasteiger partial charge in [-0.1, -0.05) is 24.3 Å². The second-order valence-electron chi connectivity index (χ2n) is 6.16. The number of para-hydroxylation sites is 1. The lowest BCUT2D eigenvalue weighted by molar-refractivity contribution is -0.116. The number of carbonyl (C=O) groups excluding carboxylic acids is 1. The Morgan fingerprint density at radius 3 is 2.64 bits per heavy atom. The minimum atomic E-state index is -0.0957. The normalized spacial score (nSPS) is 10.6. The zero-order valence-corrected chi connectivity index (χ0v) is 19.1. The van der Waals surface area contributed by atoms with Crippen LogP contribution < -0.4 is 15.4 Å². The van der Waals surface area contributed by atoms with E-state index in [0.717, 1.165) is 16.9 Å². The Hall–Kier alpha value is -2.36. The number of aliphatic imine (C=N–C) groups is 1. The number of benzene rings is 1. The van der Waals surface area contributed by atoms with Gasteiger partial charge in [-0.15, -0.1) is 24.0 Å². The fourth-order valence-electron chi connectivity index (χ4n) is 2.58. The van der Waals surface area contributed by atoms with Crippen molar-refractivity contribution >= 4 is 41.7 Å². The average molecular weight is 497 g/mol. The molecule has 2 rings (SSSR count). The molecular formula is C20H28IN5O2. The van der Waals surface area contributed by atoms with Gasteiger partial charge >= 0.3 is 0 Å². The predicted octanol–water partition coefficient (Wildman–Crippen LogP) is 3.05. The SMILES string of the molecule is CN=C(NCCC(=O)Nc1ccc(C)cn1)N(C)Cc1ccccc1OC.I. The second kappa shape index (κ2) is 12.2. The first-order valence-corrected chi connectivity index (χ1v) is 8.79. The number of rotatable bonds is 7. The largest absolute Gasteiger partial charge is 0.496 e. The van der Waals surface area contributed by atoms with Crippen molar-refractivity contribution in [2.24, 2.45) is 4.99 Å². The van der Waals surface area contributed by atoms with Crippen molar-refractivity contribution in [2.45, 2.75) is 19.9 Å². The van der Waals surface area contributed by atoms with E-state index >= 15 is 0 Å². The van der Waals surface area contributed by atoms with E-state index in [4.69, 9.17) is 4.74 Å². The molecule has 28 heavy (non-hydrogen) atoms. The fraction of sp³-hybridized carbons (Fsp3) is 0.350. The van der Waals surface area contributed by atoms with E-state index in [1.54, 1.807) is 26.4 Å². The number of ether oxygens (including phenoxy) is 1. The summed E-state index contributed by atoms with van der Waals surface area (Å²) < 4.78 is 5.39. The summed E-state index contributed by atoms with van der Waals surface area (Å²) in [5, 5.41) is 5.99. The maximum Gasteiger partial charge on any atom is 0.227 e. The van der Waals surface area contributed by atoms with Crippen LogP contribution in [0.5, 0.6) is 5.75 Å². The van der Waals surface area contributed by atoms with Gasteiger partial charge in [-0.2, -0.15) is 0 Å². The third-order valence-electron chi connectivity index (χ3n) is 3.99. The molecule has 0 spiro atoms. The van der Waals surface area contributed by atoms with Crippen LogP contribution in [0.4, 0.5) is 5.82 Å². The van der Waals surface area contributed by atoms with Gasteiger partial charge in [0, 0.05) is 45.4 Å². The zero-order valence-electron chi connectivity index (χ0n) is 16.7. The molecule has 2 aromatic rings. The van der Waals surface area contributed by atoms with Crippen LogP contribution in [0.25, 0.3) is 0 Å². The average Bonchev–Trinajstić information content (AvgIpc) is 2.67. The van der Waals surface area contributed by atoms with Crippen molar-refractivity contribution in [3.05, 3.63) is 53.7 Å². The lowest BCUT2D eigenvalue weighted by Gasteiger charge is -2.23. The second-order valence-corrected chi connectivity index (χ2v) is 6.16. The molecule has 1 amide bonds. The Labute approximate surface area is 183 Å². The smallest absolute Gasteiger partial charge is 0.227 e. The molecule has 0 aliphatic carbocycles. The van der Waals surface area contributed by atoms with Gasteiger partial charge in [0.15, 0.2) is 5.96 Å². The van der Waals surface area contributed by atoms with Crippen LogP contribution in [0, 0.1) is 6.92 Å². The molecule has 0 radical (unpaired) electrons. The number of aromatic nitrogens is 1. The van der Waals surface area contributed by atoms with Gasteiger partial charge in [-0.25, -0.2) is 4.98 Å². The number of hydrogen-bond donors (Lipinski definition) is 2. The van der Waals surface area contributed by atoms with Crippen LogP contribution in [0.3, 0.4) is 0 Å². The molecule has 1 heterocycles. The van der Waals surface area contributed by atoms with Gasteiger partial charge in [0.25, 0.3) is 0 Å². The Bertz CT molecular complexity index is 780. The highest BCUT2D eigenvalue weighted by molar-refractivity contribution is 14.0. The van der Waals surface area contributed by atoms with E-state index in [-0.39, 0.29) is 29.9 Å². The number of aryl methyl sites for hydroxylation is 1. The lowest BCUT2D eigenvalue weighted by atomic mass is 10.2. The molecule has 0 saturated heterocycles. The summed E-state index contributed by atoms with van der Waals surface area (Å²) in [6.45, 7) is 3.07. The summed E-state index contributed by atoms with van der Waals surface area (Å²) in [6, 6.07) is 11.6. The number of hydrogen-bond acceptors (Lipinski definition) is 4. The summed E-state index contributed by atoms with van der Waals surface area (Å²) in [7, 11) is 5.32. The first-order chi connectivity index (χ1) is 13.0. The number of nitrogens with one attached hydrogen (secondary N) is 2. The van der Waals surface area contributed by atoms with Gasteiger partial charge < -0.3 is 20.3 Å². The van der Waals surface area contributed by atoms with Crippen molar-refractivity contribution in [3.63, 3.8) is 0 Å². The van der Waals surface area contributed by atoms with Crippen LogP contribution in [0.15, 0.2) is 47.6 Å². The van der Waals surface area contributed by atoms with E-state index < -0.39 is 0 Å². The quantitative estimate of drug-likeness (QED) is 0.350. The summed E-state index contributed by atoms with van der Waals surface area (Å²) in [5.74, 6) is 2.01. The molecule has 1 aromatic carbocycles. The molecule has 152 valence electrons. The molecule has 7 nitrogen and oxygen atoms in total. The third-order valence-corrected chi connectivity index (χ3v) is 3.99. The summed E-state index contributed by atoms with van der Waals surface area (Å²) in [6.07, 6.45) is 2.04. The van der Waals surface area contributed by atoms with Crippen molar-refractivity contribution in [2.75, 3.05) is 33.1 Å². The number of methoxy groups -OCH3 is 1. The summed E-state index contributed by atoms with van der Waals surface area (Å²) in [5.41, 5.74) is 2.12. The van der Waals surface area contributed by atoms with Crippen LogP contribution in [0.2, 0.25) is 0 Å². The van der Waals surface area contributed by atoms with Gasteiger partial charge in [0.05, 0.1) is 7.11 Å². The molecule has 1 aromatic heterocycles. The molecule has 0 saturated carbocycles. The summed E-state index contributed by atoms with van der Waals surface area (Å²) in [4.78, 5) is 22.5. The monoisotopic (exact) mass is 497 g/mol. The number of carbonyl (C=O) groups is 1. The number of halogens is 1. The van der Waals surface area contributed by atoms with Gasteiger partial charge in [-0.3, -0.25) is 9.79 Å². The molecule has 0 atom stereocenters. The van der Waals surface area contributed by atoms with Gasteiger partial charge in [0.1, 0.15) is 11.6 Å². The van der Waals surface area contributed by atoms with Gasteiger partial charge in [-0.05, 0) is 24.6 Å². The molecular weight excluding hydrogens is 469 g/mol. The molecule has 0 aliphatic rings. The van der Waals surface area contributed by atoms with Gasteiger partial charge in [0.2, 0.25) is 5.91 Å². The van der Waals surface area contributed by atoms with E-state index in [0.29, 0.717) is 31.3 Å². The minimum Gasteiger partial charge on any atom is -0.496 e. The third kappa shape index (κ3) is 7.34. The highest BCUT2D eigenvalue weighted by Crippen LogP contribution is 2.18. The zero-order chi connectivity index (χ0) is 19.6. The van der Waals surface area contributed by atoms with Crippen molar-refractivity contribution in [1.29, 1.82) is 0 Å².